The minimum atomic E-state index is -4.41. The molecule has 0 saturated heterocycles. The van der Waals surface area contributed by atoms with Crippen molar-refractivity contribution in [1.29, 1.82) is 0 Å². The molecule has 28 heavy (non-hydrogen) atoms. The number of benzene rings is 2. The lowest BCUT2D eigenvalue weighted by atomic mass is 10.1. The SMILES string of the molecule is O=C(CSc1nccn1-c1cccc(C(F)(F)F)c1)NCCc1ccccc1. The van der Waals surface area contributed by atoms with Crippen LogP contribution in [0.1, 0.15) is 11.1 Å². The number of hydrogen-bond donors (Lipinski definition) is 1. The second-order valence-electron chi connectivity index (χ2n) is 6.00. The van der Waals surface area contributed by atoms with E-state index in [1.54, 1.807) is 12.3 Å². The molecule has 1 aromatic heterocycles. The van der Waals surface area contributed by atoms with Crippen LogP contribution in [0.5, 0.6) is 0 Å². The molecule has 1 amide bonds. The van der Waals surface area contributed by atoms with Gasteiger partial charge in [0.1, 0.15) is 0 Å². The Morgan fingerprint density at radius 3 is 2.64 bits per heavy atom. The smallest absolute Gasteiger partial charge is 0.355 e. The molecule has 146 valence electrons. The van der Waals surface area contributed by atoms with Crippen LogP contribution in [-0.2, 0) is 17.4 Å². The van der Waals surface area contributed by atoms with Gasteiger partial charge in [0.25, 0.3) is 0 Å². The van der Waals surface area contributed by atoms with Crippen LogP contribution in [0.3, 0.4) is 0 Å². The Kier molecular flexibility index (Phi) is 6.41. The zero-order chi connectivity index (χ0) is 20.0. The number of carbonyl (C=O) groups is 1. The van der Waals surface area contributed by atoms with Gasteiger partial charge in [0.2, 0.25) is 5.91 Å². The van der Waals surface area contributed by atoms with Gasteiger partial charge in [-0.25, -0.2) is 4.98 Å². The van der Waals surface area contributed by atoms with E-state index < -0.39 is 11.7 Å². The summed E-state index contributed by atoms with van der Waals surface area (Å²) in [6.07, 6.45) is -0.611. The zero-order valence-corrected chi connectivity index (χ0v) is 15.6. The first-order valence-electron chi connectivity index (χ1n) is 8.58. The van der Waals surface area contributed by atoms with E-state index in [2.05, 4.69) is 10.3 Å². The molecule has 0 fully saturated rings. The quantitative estimate of drug-likeness (QED) is 0.595. The monoisotopic (exact) mass is 405 g/mol. The van der Waals surface area contributed by atoms with Crippen molar-refractivity contribution in [2.75, 3.05) is 12.3 Å². The van der Waals surface area contributed by atoms with Crippen LogP contribution >= 0.6 is 11.8 Å². The fourth-order valence-corrected chi connectivity index (χ4v) is 3.40. The number of nitrogens with zero attached hydrogens (tertiary/aromatic N) is 2. The number of imidazole rings is 1. The average Bonchev–Trinajstić information content (AvgIpc) is 3.15. The molecular formula is C20H18F3N3OS. The van der Waals surface area contributed by atoms with E-state index >= 15 is 0 Å². The first-order chi connectivity index (χ1) is 13.4. The maximum absolute atomic E-state index is 12.9. The molecule has 2 aromatic carbocycles. The normalized spacial score (nSPS) is 11.4. The van der Waals surface area contributed by atoms with Gasteiger partial charge in [-0.1, -0.05) is 48.2 Å². The molecule has 0 bridgehead atoms. The maximum Gasteiger partial charge on any atom is 0.416 e. The predicted molar refractivity (Wildman–Crippen MR) is 102 cm³/mol. The van der Waals surface area contributed by atoms with E-state index in [1.165, 1.54) is 28.6 Å². The van der Waals surface area contributed by atoms with Crippen LogP contribution in [0.25, 0.3) is 5.69 Å². The molecule has 1 heterocycles. The Morgan fingerprint density at radius 1 is 1.11 bits per heavy atom. The van der Waals surface area contributed by atoms with E-state index in [4.69, 9.17) is 0 Å². The summed E-state index contributed by atoms with van der Waals surface area (Å²) in [5.74, 6) is -0.0235. The summed E-state index contributed by atoms with van der Waals surface area (Å²) >= 11 is 1.17. The van der Waals surface area contributed by atoms with E-state index in [-0.39, 0.29) is 11.7 Å². The third kappa shape index (κ3) is 5.39. The highest BCUT2D eigenvalue weighted by Crippen LogP contribution is 2.31. The van der Waals surface area contributed by atoms with Gasteiger partial charge in [-0.2, -0.15) is 13.2 Å². The van der Waals surface area contributed by atoms with E-state index in [1.807, 2.05) is 30.3 Å². The van der Waals surface area contributed by atoms with Crippen molar-refractivity contribution >= 4 is 17.7 Å². The van der Waals surface area contributed by atoms with Crippen LogP contribution in [0.15, 0.2) is 72.1 Å². The molecule has 0 aliphatic heterocycles. The molecule has 0 spiro atoms. The molecule has 8 heteroatoms. The number of thioether (sulfide) groups is 1. The van der Waals surface area contributed by atoms with Crippen LogP contribution in [0.4, 0.5) is 13.2 Å². The third-order valence-electron chi connectivity index (χ3n) is 3.97. The van der Waals surface area contributed by atoms with Crippen LogP contribution in [0.2, 0.25) is 0 Å². The number of carbonyl (C=O) groups excluding carboxylic acids is 1. The molecule has 0 radical (unpaired) electrons. The molecule has 0 aliphatic carbocycles. The van der Waals surface area contributed by atoms with Gasteiger partial charge in [-0.15, -0.1) is 0 Å². The summed E-state index contributed by atoms with van der Waals surface area (Å²) in [5, 5.41) is 3.29. The molecule has 4 nitrogen and oxygen atoms in total. The minimum absolute atomic E-state index is 0.130. The molecule has 0 atom stereocenters. The van der Waals surface area contributed by atoms with Crippen LogP contribution in [0, 0.1) is 0 Å². The minimum Gasteiger partial charge on any atom is -0.355 e. The summed E-state index contributed by atoms with van der Waals surface area (Å²) in [5.41, 5.74) is 0.753. The highest BCUT2D eigenvalue weighted by molar-refractivity contribution is 7.99. The van der Waals surface area contributed by atoms with Crippen molar-refractivity contribution in [3.8, 4) is 5.69 Å². The Morgan fingerprint density at radius 2 is 1.89 bits per heavy atom. The summed E-state index contributed by atoms with van der Waals surface area (Å²) in [6, 6.07) is 14.8. The van der Waals surface area contributed by atoms with Crippen LogP contribution in [-0.4, -0.2) is 27.8 Å². The number of aromatic nitrogens is 2. The molecular weight excluding hydrogens is 387 g/mol. The number of hydrogen-bond acceptors (Lipinski definition) is 3. The van der Waals surface area contributed by atoms with Gasteiger partial charge >= 0.3 is 6.18 Å². The third-order valence-corrected chi connectivity index (χ3v) is 4.94. The van der Waals surface area contributed by atoms with Crippen molar-refractivity contribution in [1.82, 2.24) is 14.9 Å². The standard InChI is InChI=1S/C20H18F3N3OS/c21-20(22,23)16-7-4-8-17(13-16)26-12-11-25-19(26)28-14-18(27)24-10-9-15-5-2-1-3-6-15/h1-8,11-13H,9-10,14H2,(H,24,27). The van der Waals surface area contributed by atoms with Gasteiger partial charge in [0.05, 0.1) is 11.3 Å². The molecule has 3 aromatic rings. The first kappa shape index (κ1) is 20.0. The Labute approximate surface area is 164 Å². The summed E-state index contributed by atoms with van der Waals surface area (Å²) < 4.78 is 40.3. The number of alkyl halides is 3. The predicted octanol–water partition coefficient (Wildman–Crippen LogP) is 4.34. The highest BCUT2D eigenvalue weighted by atomic mass is 32.2. The lowest BCUT2D eigenvalue weighted by molar-refractivity contribution is -0.137. The zero-order valence-electron chi connectivity index (χ0n) is 14.8. The van der Waals surface area contributed by atoms with Crippen molar-refractivity contribution < 1.29 is 18.0 Å². The number of halogens is 3. The topological polar surface area (TPSA) is 46.9 Å². The molecule has 0 unspecified atom stereocenters. The van der Waals surface area contributed by atoms with Crippen LogP contribution < -0.4 is 5.32 Å². The largest absolute Gasteiger partial charge is 0.416 e. The molecule has 0 aliphatic rings. The number of amides is 1. The highest BCUT2D eigenvalue weighted by Gasteiger charge is 2.30. The van der Waals surface area contributed by atoms with Gasteiger partial charge in [-0.05, 0) is 30.2 Å². The van der Waals surface area contributed by atoms with E-state index in [0.717, 1.165) is 24.1 Å². The molecule has 3 rings (SSSR count). The van der Waals surface area contributed by atoms with E-state index in [9.17, 15) is 18.0 Å². The molecule has 0 saturated carbocycles. The summed E-state index contributed by atoms with van der Waals surface area (Å²) in [6.45, 7) is 0.519. The van der Waals surface area contributed by atoms with Gasteiger partial charge in [0.15, 0.2) is 5.16 Å². The van der Waals surface area contributed by atoms with Crippen molar-refractivity contribution in [2.45, 2.75) is 17.8 Å². The Bertz CT molecular complexity index is 926. The first-order valence-corrected chi connectivity index (χ1v) is 9.56. The van der Waals surface area contributed by atoms with Gasteiger partial charge in [-0.3, -0.25) is 9.36 Å². The fraction of sp³-hybridized carbons (Fsp3) is 0.200. The maximum atomic E-state index is 12.9. The van der Waals surface area contributed by atoms with Gasteiger partial charge in [0, 0.05) is 24.6 Å². The second-order valence-corrected chi connectivity index (χ2v) is 6.94. The average molecular weight is 405 g/mol. The van der Waals surface area contributed by atoms with E-state index in [0.29, 0.717) is 17.4 Å². The number of nitrogens with one attached hydrogen (secondary N) is 1. The summed E-state index contributed by atoms with van der Waals surface area (Å²) in [7, 11) is 0. The van der Waals surface area contributed by atoms with Crippen molar-refractivity contribution in [3.63, 3.8) is 0 Å². The summed E-state index contributed by atoms with van der Waals surface area (Å²) in [4.78, 5) is 16.2. The van der Waals surface area contributed by atoms with Crippen molar-refractivity contribution in [2.24, 2.45) is 0 Å². The fourth-order valence-electron chi connectivity index (χ4n) is 2.60. The van der Waals surface area contributed by atoms with Gasteiger partial charge < -0.3 is 5.32 Å². The molecule has 1 N–H and O–H groups in total. The Balaban J connectivity index is 1.56. The number of rotatable bonds is 7. The van der Waals surface area contributed by atoms with Crippen molar-refractivity contribution in [3.05, 3.63) is 78.1 Å². The second kappa shape index (κ2) is 8.97. The lowest BCUT2D eigenvalue weighted by Crippen LogP contribution is -2.27. The lowest BCUT2D eigenvalue weighted by Gasteiger charge is -2.11. The Hall–Kier alpha value is -2.74.